The first-order valence-corrected chi connectivity index (χ1v) is 11.2. The van der Waals surface area contributed by atoms with Crippen LogP contribution in [0.3, 0.4) is 0 Å². The van der Waals surface area contributed by atoms with Crippen LogP contribution in [0, 0.1) is 0 Å². The molecule has 0 radical (unpaired) electrons. The van der Waals surface area contributed by atoms with Gasteiger partial charge < -0.3 is 9.64 Å². The first-order chi connectivity index (χ1) is 16.0. The molecular weight excluding hydrogens is 412 g/mol. The van der Waals surface area contributed by atoms with Crippen molar-refractivity contribution in [1.82, 2.24) is 4.90 Å². The Labute approximate surface area is 192 Å². The predicted molar refractivity (Wildman–Crippen MR) is 126 cm³/mol. The lowest BCUT2D eigenvalue weighted by atomic mass is 9.57. The van der Waals surface area contributed by atoms with Crippen LogP contribution in [0.5, 0.6) is 0 Å². The number of β-lactam (4-membered cyclic amide) rings is 1. The maximum atomic E-state index is 14.3. The summed E-state index contributed by atoms with van der Waals surface area (Å²) in [5, 5.41) is 0. The van der Waals surface area contributed by atoms with E-state index < -0.39 is 23.3 Å². The Balaban J connectivity index is 1.56. The van der Waals surface area contributed by atoms with Gasteiger partial charge in [0.25, 0.3) is 0 Å². The van der Waals surface area contributed by atoms with Gasteiger partial charge in [0.2, 0.25) is 5.91 Å². The number of ether oxygens (including phenoxy) is 1. The third kappa shape index (κ3) is 2.48. The van der Waals surface area contributed by atoms with E-state index in [0.29, 0.717) is 5.69 Å². The highest BCUT2D eigenvalue weighted by Gasteiger charge is 2.71. The van der Waals surface area contributed by atoms with E-state index in [-0.39, 0.29) is 11.9 Å². The number of nitrogens with zero attached hydrogens (tertiary/aromatic N) is 2. The van der Waals surface area contributed by atoms with Gasteiger partial charge in [-0.05, 0) is 48.8 Å². The van der Waals surface area contributed by atoms with Gasteiger partial charge in [0.05, 0.1) is 6.04 Å². The van der Waals surface area contributed by atoms with Crippen molar-refractivity contribution < 1.29 is 14.3 Å². The van der Waals surface area contributed by atoms with Gasteiger partial charge in [-0.3, -0.25) is 9.69 Å². The highest BCUT2D eigenvalue weighted by molar-refractivity contribution is 6.03. The number of carbonyl (C=O) groups is 2. The number of benzene rings is 3. The maximum Gasteiger partial charge on any atom is 0.417 e. The Kier molecular flexibility index (Phi) is 4.09. The van der Waals surface area contributed by atoms with E-state index in [1.54, 1.807) is 4.90 Å². The zero-order chi connectivity index (χ0) is 22.8. The van der Waals surface area contributed by atoms with Gasteiger partial charge in [0.15, 0.2) is 11.8 Å². The summed E-state index contributed by atoms with van der Waals surface area (Å²) >= 11 is 0. The van der Waals surface area contributed by atoms with E-state index in [9.17, 15) is 9.59 Å². The molecule has 0 unspecified atom stereocenters. The molecular formula is C28H24N2O3. The summed E-state index contributed by atoms with van der Waals surface area (Å²) in [6.45, 7) is 3.92. The molecule has 0 aliphatic carbocycles. The zero-order valence-corrected chi connectivity index (χ0v) is 18.5. The fraction of sp³-hybridized carbons (Fsp3) is 0.214. The molecule has 0 saturated carbocycles. The Morgan fingerprint density at radius 3 is 1.85 bits per heavy atom. The minimum absolute atomic E-state index is 0.0205. The molecule has 0 spiro atoms. The van der Waals surface area contributed by atoms with Crippen molar-refractivity contribution in [3.8, 4) is 0 Å². The summed E-state index contributed by atoms with van der Waals surface area (Å²) in [5.41, 5.74) is 1.86. The van der Waals surface area contributed by atoms with Crippen LogP contribution in [-0.4, -0.2) is 34.7 Å². The summed E-state index contributed by atoms with van der Waals surface area (Å²) in [6.07, 6.45) is 1.03. The Hall–Kier alpha value is -3.86. The van der Waals surface area contributed by atoms with E-state index >= 15 is 0 Å². The Morgan fingerprint density at radius 1 is 0.788 bits per heavy atom. The summed E-state index contributed by atoms with van der Waals surface area (Å²) in [4.78, 5) is 30.9. The molecule has 164 valence electrons. The van der Waals surface area contributed by atoms with E-state index in [1.807, 2.05) is 116 Å². The van der Waals surface area contributed by atoms with E-state index in [2.05, 4.69) is 0 Å². The van der Waals surface area contributed by atoms with Crippen LogP contribution < -0.4 is 4.90 Å². The van der Waals surface area contributed by atoms with E-state index in [1.165, 1.54) is 0 Å². The van der Waals surface area contributed by atoms with Crippen molar-refractivity contribution in [1.29, 1.82) is 0 Å². The minimum atomic E-state index is -0.928. The second-order valence-electron chi connectivity index (χ2n) is 9.17. The second kappa shape index (κ2) is 6.82. The lowest BCUT2D eigenvalue weighted by molar-refractivity contribution is -0.165. The number of hydrogen-bond acceptors (Lipinski definition) is 3. The molecule has 5 nitrogen and oxygen atoms in total. The molecule has 3 aromatic rings. The van der Waals surface area contributed by atoms with Gasteiger partial charge >= 0.3 is 6.09 Å². The van der Waals surface area contributed by atoms with E-state index in [0.717, 1.165) is 16.7 Å². The number of anilines is 1. The lowest BCUT2D eigenvalue weighted by Gasteiger charge is -2.63. The average molecular weight is 437 g/mol. The third-order valence-corrected chi connectivity index (χ3v) is 7.22. The second-order valence-corrected chi connectivity index (χ2v) is 9.17. The first-order valence-electron chi connectivity index (χ1n) is 11.2. The van der Waals surface area contributed by atoms with E-state index in [4.69, 9.17) is 4.74 Å². The van der Waals surface area contributed by atoms with Crippen LogP contribution in [0.2, 0.25) is 0 Å². The molecule has 2 amide bonds. The fourth-order valence-corrected chi connectivity index (χ4v) is 6.04. The van der Waals surface area contributed by atoms with Crippen LogP contribution in [0.1, 0.15) is 25.0 Å². The highest BCUT2D eigenvalue weighted by Crippen LogP contribution is 2.56. The van der Waals surface area contributed by atoms with Crippen molar-refractivity contribution in [2.45, 2.75) is 37.1 Å². The number of amides is 2. The molecule has 2 saturated heterocycles. The van der Waals surface area contributed by atoms with Gasteiger partial charge in [0, 0.05) is 5.69 Å². The molecule has 6 rings (SSSR count). The molecule has 33 heavy (non-hydrogen) atoms. The molecule has 2 fully saturated rings. The summed E-state index contributed by atoms with van der Waals surface area (Å²) < 4.78 is 5.89. The smallest absolute Gasteiger partial charge is 0.417 e. The van der Waals surface area contributed by atoms with Gasteiger partial charge in [0.1, 0.15) is 5.41 Å². The SMILES string of the molecule is CC1=C[C@]2(C)OC(=O)N(c3ccccc3)[C@@H]2N2C(=O)C(c3ccccc3)(c3ccccc3)[C@@H]12. The number of fused-ring (bicyclic) bond motifs is 3. The van der Waals surface area contributed by atoms with Crippen molar-refractivity contribution in [3.05, 3.63) is 114 Å². The van der Waals surface area contributed by atoms with Crippen LogP contribution >= 0.6 is 0 Å². The Morgan fingerprint density at radius 2 is 1.30 bits per heavy atom. The number of rotatable bonds is 3. The Bertz CT molecular complexity index is 1230. The topological polar surface area (TPSA) is 49.9 Å². The third-order valence-electron chi connectivity index (χ3n) is 7.22. The molecule has 0 aromatic heterocycles. The molecule has 5 heteroatoms. The molecule has 0 bridgehead atoms. The molecule has 3 heterocycles. The fourth-order valence-electron chi connectivity index (χ4n) is 6.04. The monoisotopic (exact) mass is 436 g/mol. The minimum Gasteiger partial charge on any atom is -0.434 e. The molecule has 3 aliphatic heterocycles. The zero-order valence-electron chi connectivity index (χ0n) is 18.5. The summed E-state index contributed by atoms with van der Waals surface area (Å²) in [6, 6.07) is 29.1. The summed E-state index contributed by atoms with van der Waals surface area (Å²) in [7, 11) is 0. The van der Waals surface area contributed by atoms with Crippen LogP contribution in [0.25, 0.3) is 0 Å². The van der Waals surface area contributed by atoms with Gasteiger partial charge in [-0.25, -0.2) is 4.79 Å². The van der Waals surface area contributed by atoms with Crippen LogP contribution in [0.15, 0.2) is 103 Å². The largest absolute Gasteiger partial charge is 0.434 e. The standard InChI is InChI=1S/C28H24N2O3/c1-19-18-27(2)24(29(26(32)33-27)22-16-10-5-11-17-22)30-23(19)28(25(30)31,20-12-6-3-7-13-20)21-14-8-4-9-15-21/h3-18,23-24H,1-2H3/t23-,24-,27+/m1/s1. The highest BCUT2D eigenvalue weighted by atomic mass is 16.6. The summed E-state index contributed by atoms with van der Waals surface area (Å²) in [5.74, 6) is -0.0205. The normalized spacial score (nSPS) is 27.3. The van der Waals surface area contributed by atoms with Crippen molar-refractivity contribution in [2.24, 2.45) is 0 Å². The number of hydrogen-bond donors (Lipinski definition) is 0. The predicted octanol–water partition coefficient (Wildman–Crippen LogP) is 4.89. The van der Waals surface area contributed by atoms with Gasteiger partial charge in [-0.15, -0.1) is 0 Å². The van der Waals surface area contributed by atoms with Gasteiger partial charge in [-0.2, -0.15) is 0 Å². The van der Waals surface area contributed by atoms with Crippen LogP contribution in [-0.2, 0) is 14.9 Å². The number of carbonyl (C=O) groups excluding carboxylic acids is 2. The van der Waals surface area contributed by atoms with Crippen LogP contribution in [0.4, 0.5) is 10.5 Å². The van der Waals surface area contributed by atoms with Crippen molar-refractivity contribution in [2.75, 3.05) is 4.90 Å². The van der Waals surface area contributed by atoms with Gasteiger partial charge in [-0.1, -0.05) is 78.9 Å². The van der Waals surface area contributed by atoms with Crippen molar-refractivity contribution in [3.63, 3.8) is 0 Å². The molecule has 3 atom stereocenters. The van der Waals surface area contributed by atoms with Crippen molar-refractivity contribution >= 4 is 17.7 Å². The quantitative estimate of drug-likeness (QED) is 0.434. The number of para-hydroxylation sites is 1. The average Bonchev–Trinajstić information content (AvgIpc) is 3.09. The molecule has 3 aliphatic rings. The first kappa shape index (κ1) is 19.8. The maximum absolute atomic E-state index is 14.3. The lowest BCUT2D eigenvalue weighted by Crippen LogP contribution is -2.80. The molecule has 3 aromatic carbocycles. The molecule has 0 N–H and O–H groups in total.